The standard InChI is InChI=1S/C23H26N4O3S/c28-21-20-19(26-23(30)24-16-4-2-1-3-5-16)8-10-27(20)22(29)17-12-14(6-7-18(17)25-21)15-9-11-31-13-15/h6-7,9,11-13,16,19-20H,1-5,8,10H2,(H,25,28)(H2,24,26,30). The molecule has 3 N–H and O–H groups in total. The Morgan fingerprint density at radius 1 is 1.03 bits per heavy atom. The molecule has 2 atom stereocenters. The molecular weight excluding hydrogens is 412 g/mol. The molecule has 0 spiro atoms. The number of urea groups is 1. The van der Waals surface area contributed by atoms with Crippen molar-refractivity contribution in [3.8, 4) is 11.1 Å². The van der Waals surface area contributed by atoms with Crippen molar-refractivity contribution in [2.75, 3.05) is 11.9 Å². The Morgan fingerprint density at radius 2 is 1.87 bits per heavy atom. The van der Waals surface area contributed by atoms with Gasteiger partial charge >= 0.3 is 6.03 Å². The van der Waals surface area contributed by atoms with Crippen LogP contribution in [0, 0.1) is 0 Å². The molecule has 2 unspecified atom stereocenters. The minimum Gasteiger partial charge on any atom is -0.335 e. The van der Waals surface area contributed by atoms with E-state index < -0.39 is 12.1 Å². The van der Waals surface area contributed by atoms with E-state index in [1.165, 1.54) is 6.42 Å². The lowest BCUT2D eigenvalue weighted by Gasteiger charge is -2.27. The van der Waals surface area contributed by atoms with E-state index in [4.69, 9.17) is 0 Å². The minimum atomic E-state index is -0.707. The van der Waals surface area contributed by atoms with E-state index in [9.17, 15) is 14.4 Å². The SMILES string of the molecule is O=C(NC1CCCCC1)NC1CCN2C(=O)c3cc(-c4ccsc4)ccc3NC(=O)C12. The number of rotatable bonds is 3. The summed E-state index contributed by atoms with van der Waals surface area (Å²) in [6, 6.07) is 6.39. The Morgan fingerprint density at radius 3 is 2.65 bits per heavy atom. The lowest BCUT2D eigenvalue weighted by Crippen LogP contribution is -2.54. The van der Waals surface area contributed by atoms with Crippen molar-refractivity contribution in [3.63, 3.8) is 0 Å². The lowest BCUT2D eigenvalue weighted by molar-refractivity contribution is -0.120. The molecule has 5 rings (SSSR count). The molecule has 7 nitrogen and oxygen atoms in total. The van der Waals surface area contributed by atoms with Crippen molar-refractivity contribution in [2.24, 2.45) is 0 Å². The number of carbonyl (C=O) groups excluding carboxylic acids is 3. The second-order valence-corrected chi connectivity index (χ2v) is 9.33. The second-order valence-electron chi connectivity index (χ2n) is 8.55. The number of fused-ring (bicyclic) bond motifs is 2. The average molecular weight is 439 g/mol. The smallest absolute Gasteiger partial charge is 0.315 e. The van der Waals surface area contributed by atoms with Gasteiger partial charge in [-0.2, -0.15) is 11.3 Å². The van der Waals surface area contributed by atoms with E-state index in [-0.39, 0.29) is 23.9 Å². The molecule has 3 aliphatic rings. The third-order valence-electron chi connectivity index (χ3n) is 6.55. The number of thiophene rings is 1. The summed E-state index contributed by atoms with van der Waals surface area (Å²) in [7, 11) is 0. The molecule has 162 valence electrons. The summed E-state index contributed by atoms with van der Waals surface area (Å²) in [5.41, 5.74) is 3.01. The van der Waals surface area contributed by atoms with Crippen molar-refractivity contribution in [2.45, 2.75) is 56.7 Å². The second kappa shape index (κ2) is 8.34. The van der Waals surface area contributed by atoms with Crippen molar-refractivity contribution >= 4 is 34.9 Å². The molecular formula is C23H26N4O3S. The summed E-state index contributed by atoms with van der Waals surface area (Å²) in [5.74, 6) is -0.428. The van der Waals surface area contributed by atoms with Crippen molar-refractivity contribution in [1.29, 1.82) is 0 Å². The van der Waals surface area contributed by atoms with Gasteiger partial charge in [0, 0.05) is 12.6 Å². The zero-order chi connectivity index (χ0) is 21.4. The van der Waals surface area contributed by atoms with Crippen molar-refractivity contribution < 1.29 is 14.4 Å². The summed E-state index contributed by atoms with van der Waals surface area (Å²) >= 11 is 1.60. The topological polar surface area (TPSA) is 90.5 Å². The summed E-state index contributed by atoms with van der Waals surface area (Å²) < 4.78 is 0. The quantitative estimate of drug-likeness (QED) is 0.684. The summed E-state index contributed by atoms with van der Waals surface area (Å²) in [4.78, 5) is 40.5. The van der Waals surface area contributed by atoms with Crippen LogP contribution in [-0.2, 0) is 4.79 Å². The van der Waals surface area contributed by atoms with Gasteiger partial charge in [-0.05, 0) is 59.3 Å². The van der Waals surface area contributed by atoms with Crippen LogP contribution in [-0.4, -0.2) is 47.4 Å². The third-order valence-corrected chi connectivity index (χ3v) is 7.23. The first-order chi connectivity index (χ1) is 15.1. The highest BCUT2D eigenvalue weighted by Crippen LogP contribution is 2.32. The van der Waals surface area contributed by atoms with Crippen LogP contribution in [0.15, 0.2) is 35.0 Å². The van der Waals surface area contributed by atoms with Gasteiger partial charge < -0.3 is 20.9 Å². The molecule has 8 heteroatoms. The molecule has 4 amide bonds. The maximum Gasteiger partial charge on any atom is 0.315 e. The van der Waals surface area contributed by atoms with Crippen LogP contribution >= 0.6 is 11.3 Å². The van der Waals surface area contributed by atoms with Crippen molar-refractivity contribution in [3.05, 3.63) is 40.6 Å². The van der Waals surface area contributed by atoms with E-state index >= 15 is 0 Å². The number of hydrogen-bond acceptors (Lipinski definition) is 4. The number of nitrogens with one attached hydrogen (secondary N) is 3. The third kappa shape index (κ3) is 3.92. The molecule has 1 saturated carbocycles. The first-order valence-corrected chi connectivity index (χ1v) is 11.9. The van der Waals surface area contributed by atoms with E-state index in [0.717, 1.165) is 36.8 Å². The normalized spacial score (nSPS) is 23.5. The monoisotopic (exact) mass is 438 g/mol. The zero-order valence-corrected chi connectivity index (χ0v) is 18.0. The Bertz CT molecular complexity index is 1000. The first kappa shape index (κ1) is 20.1. The van der Waals surface area contributed by atoms with Gasteiger partial charge in [-0.1, -0.05) is 25.3 Å². The van der Waals surface area contributed by atoms with E-state index in [0.29, 0.717) is 24.2 Å². The number of nitrogens with zero attached hydrogens (tertiary/aromatic N) is 1. The van der Waals surface area contributed by atoms with Crippen LogP contribution in [0.3, 0.4) is 0 Å². The van der Waals surface area contributed by atoms with Gasteiger partial charge in [0.25, 0.3) is 5.91 Å². The molecule has 0 bridgehead atoms. The molecule has 2 fully saturated rings. The van der Waals surface area contributed by atoms with Crippen LogP contribution in [0.2, 0.25) is 0 Å². The number of hydrogen-bond donors (Lipinski definition) is 3. The van der Waals surface area contributed by atoms with Gasteiger partial charge in [0.15, 0.2) is 0 Å². The molecule has 2 aliphatic heterocycles. The largest absolute Gasteiger partial charge is 0.335 e. The molecule has 3 heterocycles. The number of benzene rings is 1. The number of amides is 4. The molecule has 1 aromatic carbocycles. The van der Waals surface area contributed by atoms with Gasteiger partial charge in [-0.15, -0.1) is 0 Å². The Balaban J connectivity index is 1.33. The van der Waals surface area contributed by atoms with Crippen molar-refractivity contribution in [1.82, 2.24) is 15.5 Å². The first-order valence-electron chi connectivity index (χ1n) is 11.0. The van der Waals surface area contributed by atoms with Crippen LogP contribution in [0.5, 0.6) is 0 Å². The van der Waals surface area contributed by atoms with Gasteiger partial charge in [0.05, 0.1) is 17.3 Å². The summed E-state index contributed by atoms with van der Waals surface area (Å²) in [5, 5.41) is 12.9. The number of carbonyl (C=O) groups is 3. The fraction of sp³-hybridized carbons (Fsp3) is 0.435. The van der Waals surface area contributed by atoms with E-state index in [1.807, 2.05) is 29.0 Å². The summed E-state index contributed by atoms with van der Waals surface area (Å²) in [6.45, 7) is 0.438. The van der Waals surface area contributed by atoms with Crippen LogP contribution < -0.4 is 16.0 Å². The minimum absolute atomic E-state index is 0.174. The summed E-state index contributed by atoms with van der Waals surface area (Å²) in [6.07, 6.45) is 6.03. The van der Waals surface area contributed by atoms with Gasteiger partial charge in [0.1, 0.15) is 6.04 Å². The predicted molar refractivity (Wildman–Crippen MR) is 120 cm³/mol. The highest BCUT2D eigenvalue weighted by molar-refractivity contribution is 7.08. The average Bonchev–Trinajstić information content (AvgIpc) is 3.42. The van der Waals surface area contributed by atoms with Crippen LogP contribution in [0.25, 0.3) is 11.1 Å². The van der Waals surface area contributed by atoms with E-state index in [2.05, 4.69) is 16.0 Å². The highest BCUT2D eigenvalue weighted by Gasteiger charge is 2.45. The molecule has 2 aromatic rings. The van der Waals surface area contributed by atoms with Crippen LogP contribution in [0.1, 0.15) is 48.9 Å². The Hall–Kier alpha value is -2.87. The maximum atomic E-state index is 13.3. The number of anilines is 1. The fourth-order valence-corrected chi connectivity index (χ4v) is 5.60. The molecule has 0 radical (unpaired) electrons. The Kier molecular flexibility index (Phi) is 5.40. The molecule has 31 heavy (non-hydrogen) atoms. The predicted octanol–water partition coefficient (Wildman–Crippen LogP) is 3.58. The molecule has 1 aliphatic carbocycles. The lowest BCUT2D eigenvalue weighted by atomic mass is 9.96. The maximum absolute atomic E-state index is 13.3. The Labute approximate surface area is 185 Å². The zero-order valence-electron chi connectivity index (χ0n) is 17.2. The van der Waals surface area contributed by atoms with Crippen LogP contribution in [0.4, 0.5) is 10.5 Å². The highest BCUT2D eigenvalue weighted by atomic mass is 32.1. The molecule has 1 aromatic heterocycles. The van der Waals surface area contributed by atoms with Gasteiger partial charge in [-0.3, -0.25) is 9.59 Å². The van der Waals surface area contributed by atoms with Gasteiger partial charge in [-0.25, -0.2) is 4.79 Å². The van der Waals surface area contributed by atoms with Gasteiger partial charge in [0.2, 0.25) is 5.91 Å². The fourth-order valence-electron chi connectivity index (χ4n) is 4.94. The van der Waals surface area contributed by atoms with E-state index in [1.54, 1.807) is 22.3 Å². The molecule has 1 saturated heterocycles.